The van der Waals surface area contributed by atoms with Gasteiger partial charge in [-0.05, 0) is 37.1 Å². The summed E-state index contributed by atoms with van der Waals surface area (Å²) in [4.78, 5) is 16.2. The van der Waals surface area contributed by atoms with Gasteiger partial charge in [-0.25, -0.2) is 4.98 Å². The number of aliphatic hydroxyl groups excluding tert-OH is 1. The summed E-state index contributed by atoms with van der Waals surface area (Å²) >= 11 is 0. The van der Waals surface area contributed by atoms with Crippen LogP contribution >= 0.6 is 0 Å². The van der Waals surface area contributed by atoms with Crippen molar-refractivity contribution in [1.82, 2.24) is 9.55 Å². The number of aromatic nitrogens is 2. The molecule has 2 heterocycles. The number of hydrogen-bond donors (Lipinski definition) is 1. The number of pyridine rings is 2. The van der Waals surface area contributed by atoms with Crippen LogP contribution in [0.1, 0.15) is 16.7 Å². The summed E-state index contributed by atoms with van der Waals surface area (Å²) in [5, 5.41) is 9.01. The molecule has 0 bridgehead atoms. The highest BCUT2D eigenvalue weighted by molar-refractivity contribution is 5.36. The van der Waals surface area contributed by atoms with E-state index >= 15 is 0 Å². The zero-order valence-corrected chi connectivity index (χ0v) is 9.84. The number of nitrogens with zero attached hydrogens (tertiary/aromatic N) is 2. The van der Waals surface area contributed by atoms with Crippen LogP contribution in [0.3, 0.4) is 0 Å². The summed E-state index contributed by atoms with van der Waals surface area (Å²) in [6.07, 6.45) is 3.28. The van der Waals surface area contributed by atoms with Gasteiger partial charge in [0.15, 0.2) is 0 Å². The van der Waals surface area contributed by atoms with Crippen LogP contribution in [0.25, 0.3) is 5.82 Å². The van der Waals surface area contributed by atoms with Crippen molar-refractivity contribution in [2.75, 3.05) is 0 Å². The van der Waals surface area contributed by atoms with Gasteiger partial charge in [-0.1, -0.05) is 6.07 Å². The standard InChI is InChI=1S/C13H14N2O2/c1-9-4-3-5-15(13(9)17)12-10(2)6-11(8-16)7-14-12/h3-7,16H,8H2,1-2H3. The van der Waals surface area contributed by atoms with E-state index in [1.807, 2.05) is 19.1 Å². The summed E-state index contributed by atoms with van der Waals surface area (Å²) in [6, 6.07) is 5.42. The largest absolute Gasteiger partial charge is 0.392 e. The zero-order chi connectivity index (χ0) is 12.4. The lowest BCUT2D eigenvalue weighted by atomic mass is 10.2. The van der Waals surface area contributed by atoms with Crippen molar-refractivity contribution in [3.8, 4) is 5.82 Å². The van der Waals surface area contributed by atoms with Gasteiger partial charge in [-0.3, -0.25) is 9.36 Å². The molecule has 2 rings (SSSR count). The van der Waals surface area contributed by atoms with Crippen molar-refractivity contribution in [1.29, 1.82) is 0 Å². The molecule has 0 aliphatic carbocycles. The quantitative estimate of drug-likeness (QED) is 0.847. The zero-order valence-electron chi connectivity index (χ0n) is 9.84. The Labute approximate surface area is 99.2 Å². The number of hydrogen-bond acceptors (Lipinski definition) is 3. The monoisotopic (exact) mass is 230 g/mol. The van der Waals surface area contributed by atoms with E-state index in [1.54, 1.807) is 25.4 Å². The van der Waals surface area contributed by atoms with Crippen LogP contribution in [-0.4, -0.2) is 14.7 Å². The van der Waals surface area contributed by atoms with Crippen molar-refractivity contribution in [3.63, 3.8) is 0 Å². The van der Waals surface area contributed by atoms with E-state index in [4.69, 9.17) is 5.11 Å². The molecule has 2 aromatic rings. The van der Waals surface area contributed by atoms with E-state index in [2.05, 4.69) is 4.98 Å². The van der Waals surface area contributed by atoms with Gasteiger partial charge in [0, 0.05) is 18.0 Å². The van der Waals surface area contributed by atoms with Crippen LogP contribution in [0.5, 0.6) is 0 Å². The Morgan fingerprint density at radius 1 is 1.35 bits per heavy atom. The summed E-state index contributed by atoms with van der Waals surface area (Å²) in [5.41, 5.74) is 2.22. The summed E-state index contributed by atoms with van der Waals surface area (Å²) < 4.78 is 1.52. The van der Waals surface area contributed by atoms with E-state index in [9.17, 15) is 4.79 Å². The second kappa shape index (κ2) is 4.51. The molecule has 0 radical (unpaired) electrons. The van der Waals surface area contributed by atoms with Gasteiger partial charge in [-0.2, -0.15) is 0 Å². The topological polar surface area (TPSA) is 55.1 Å². The molecule has 1 N–H and O–H groups in total. The fraction of sp³-hybridized carbons (Fsp3) is 0.231. The van der Waals surface area contributed by atoms with Gasteiger partial charge in [0.05, 0.1) is 6.61 Å². The van der Waals surface area contributed by atoms with Crippen LogP contribution < -0.4 is 5.56 Å². The molecule has 0 aliphatic rings. The molecule has 0 spiro atoms. The highest BCUT2D eigenvalue weighted by atomic mass is 16.3. The fourth-order valence-corrected chi connectivity index (χ4v) is 1.73. The molecule has 0 amide bonds. The maximum atomic E-state index is 11.9. The highest BCUT2D eigenvalue weighted by Gasteiger charge is 2.06. The molecule has 88 valence electrons. The number of aliphatic hydroxyl groups is 1. The summed E-state index contributed by atoms with van der Waals surface area (Å²) in [7, 11) is 0. The molecule has 0 saturated heterocycles. The average molecular weight is 230 g/mol. The summed E-state index contributed by atoms with van der Waals surface area (Å²) in [6.45, 7) is 3.60. The van der Waals surface area contributed by atoms with Gasteiger partial charge in [0.2, 0.25) is 0 Å². The Morgan fingerprint density at radius 3 is 2.76 bits per heavy atom. The highest BCUT2D eigenvalue weighted by Crippen LogP contribution is 2.11. The molecule has 2 aromatic heterocycles. The third-order valence-corrected chi connectivity index (χ3v) is 2.66. The van der Waals surface area contributed by atoms with Crippen molar-refractivity contribution in [2.45, 2.75) is 20.5 Å². The predicted molar refractivity (Wildman–Crippen MR) is 65.2 cm³/mol. The predicted octanol–water partition coefficient (Wildman–Crippen LogP) is 1.34. The van der Waals surface area contributed by atoms with Gasteiger partial charge < -0.3 is 5.11 Å². The van der Waals surface area contributed by atoms with E-state index in [0.29, 0.717) is 11.4 Å². The maximum absolute atomic E-state index is 11.9. The van der Waals surface area contributed by atoms with Crippen LogP contribution in [0.2, 0.25) is 0 Å². The molecule has 0 fully saturated rings. The minimum atomic E-state index is -0.0696. The molecule has 17 heavy (non-hydrogen) atoms. The first kappa shape index (κ1) is 11.5. The third kappa shape index (κ3) is 2.12. The number of aryl methyl sites for hydroxylation is 2. The van der Waals surface area contributed by atoms with E-state index in [0.717, 1.165) is 11.1 Å². The van der Waals surface area contributed by atoms with E-state index in [-0.39, 0.29) is 12.2 Å². The Kier molecular flexibility index (Phi) is 3.06. The lowest BCUT2D eigenvalue weighted by Gasteiger charge is -2.09. The van der Waals surface area contributed by atoms with Crippen LogP contribution in [0, 0.1) is 13.8 Å². The lowest BCUT2D eigenvalue weighted by molar-refractivity contribution is 0.281. The molecule has 4 heteroatoms. The van der Waals surface area contributed by atoms with Crippen molar-refractivity contribution in [2.24, 2.45) is 0 Å². The van der Waals surface area contributed by atoms with Crippen molar-refractivity contribution in [3.05, 3.63) is 57.6 Å². The Balaban J connectivity index is 2.61. The first-order chi connectivity index (χ1) is 8.13. The van der Waals surface area contributed by atoms with Gasteiger partial charge in [-0.15, -0.1) is 0 Å². The molecule has 0 aromatic carbocycles. The van der Waals surface area contributed by atoms with Gasteiger partial charge in [0.1, 0.15) is 5.82 Å². The third-order valence-electron chi connectivity index (χ3n) is 2.66. The molecule has 4 nitrogen and oxygen atoms in total. The molecule has 0 atom stereocenters. The van der Waals surface area contributed by atoms with Gasteiger partial charge in [0.25, 0.3) is 5.56 Å². The van der Waals surface area contributed by atoms with Crippen molar-refractivity contribution >= 4 is 0 Å². The van der Waals surface area contributed by atoms with E-state index < -0.39 is 0 Å². The molecule has 0 saturated carbocycles. The smallest absolute Gasteiger partial charge is 0.259 e. The van der Waals surface area contributed by atoms with E-state index in [1.165, 1.54) is 4.57 Å². The van der Waals surface area contributed by atoms with Crippen LogP contribution in [0.4, 0.5) is 0 Å². The second-order valence-corrected chi connectivity index (χ2v) is 4.01. The first-order valence-corrected chi connectivity index (χ1v) is 5.38. The van der Waals surface area contributed by atoms with Crippen molar-refractivity contribution < 1.29 is 5.11 Å². The Hall–Kier alpha value is -1.94. The second-order valence-electron chi connectivity index (χ2n) is 4.01. The molecular weight excluding hydrogens is 216 g/mol. The fourth-order valence-electron chi connectivity index (χ4n) is 1.73. The van der Waals surface area contributed by atoms with Crippen LogP contribution in [-0.2, 0) is 6.61 Å². The molecule has 0 aliphatic heterocycles. The summed E-state index contributed by atoms with van der Waals surface area (Å²) in [5.74, 6) is 0.607. The molecular formula is C13H14N2O2. The Morgan fingerprint density at radius 2 is 2.12 bits per heavy atom. The minimum absolute atomic E-state index is 0.0448. The average Bonchev–Trinajstić information content (AvgIpc) is 2.33. The Bertz CT molecular complexity index is 603. The normalized spacial score (nSPS) is 10.5. The SMILES string of the molecule is Cc1cc(CO)cnc1-n1cccc(C)c1=O. The first-order valence-electron chi connectivity index (χ1n) is 5.38. The van der Waals surface area contributed by atoms with Crippen LogP contribution in [0.15, 0.2) is 35.4 Å². The lowest BCUT2D eigenvalue weighted by Crippen LogP contribution is -2.21. The minimum Gasteiger partial charge on any atom is -0.392 e. The number of rotatable bonds is 2. The molecule has 0 unspecified atom stereocenters. The van der Waals surface area contributed by atoms with Gasteiger partial charge >= 0.3 is 0 Å². The maximum Gasteiger partial charge on any atom is 0.259 e.